The quantitative estimate of drug-likeness (QED) is 0.0524. The third-order valence-corrected chi connectivity index (χ3v) is 7.98. The van der Waals surface area contributed by atoms with Crippen molar-refractivity contribution in [1.82, 2.24) is 0 Å². The molecule has 0 aromatic carbocycles. The van der Waals surface area contributed by atoms with Crippen molar-refractivity contribution in [1.29, 1.82) is 0 Å². The van der Waals surface area contributed by atoms with Crippen LogP contribution in [0.3, 0.4) is 0 Å². The van der Waals surface area contributed by atoms with Crippen LogP contribution in [0.15, 0.2) is 24.3 Å². The van der Waals surface area contributed by atoms with E-state index < -0.39 is 12.9 Å². The Kier molecular flexibility index (Phi) is 20.3. The molecule has 0 amide bonds. The number of unbranched alkanes of at least 4 members (excludes halogenated alkanes) is 15. The van der Waals surface area contributed by atoms with Crippen molar-refractivity contribution in [2.24, 2.45) is 0 Å². The predicted octanol–water partition coefficient (Wildman–Crippen LogP) is 8.10. The van der Waals surface area contributed by atoms with Gasteiger partial charge in [-0.05, 0) is 57.8 Å². The van der Waals surface area contributed by atoms with E-state index >= 15 is 0 Å². The summed E-state index contributed by atoms with van der Waals surface area (Å²) in [6, 6.07) is 0. The lowest BCUT2D eigenvalue weighted by atomic mass is 10.0. The number of allylic oxidation sites excluding steroid dienone is 4. The molecule has 5 nitrogen and oxygen atoms in total. The lowest BCUT2D eigenvalue weighted by molar-refractivity contribution is -0.875. The van der Waals surface area contributed by atoms with Gasteiger partial charge in [-0.15, -0.1) is 0 Å². The van der Waals surface area contributed by atoms with Crippen molar-refractivity contribution in [3.8, 4) is 0 Å². The lowest BCUT2D eigenvalue weighted by Gasteiger charge is -2.35. The zero-order valence-corrected chi connectivity index (χ0v) is 24.5. The number of quaternary nitrogens is 1. The molecule has 0 aliphatic rings. The Morgan fingerprint density at radius 2 is 0.971 bits per heavy atom. The average Bonchev–Trinajstić information content (AvgIpc) is 2.75. The summed E-state index contributed by atoms with van der Waals surface area (Å²) in [5.41, 5.74) is 0. The molecular formula is C29H59NO4P+. The molecule has 35 heavy (non-hydrogen) atoms. The van der Waals surface area contributed by atoms with Gasteiger partial charge in [0.15, 0.2) is 0 Å². The predicted molar refractivity (Wildman–Crippen MR) is 152 cm³/mol. The molecule has 0 fully saturated rings. The van der Waals surface area contributed by atoms with Gasteiger partial charge in [0.2, 0.25) is 5.34 Å². The third-order valence-electron chi connectivity index (χ3n) is 6.53. The maximum absolute atomic E-state index is 11.8. The Hall–Kier alpha value is -0.450. The molecule has 1 atom stereocenters. The normalized spacial score (nSPS) is 14.8. The smallest absolute Gasteiger partial charge is 0.362 e. The van der Waals surface area contributed by atoms with Crippen molar-refractivity contribution >= 4 is 7.60 Å². The standard InChI is InChI=1S/C29H58NO4P/c1-5-6-7-8-9-10-11-12-13-14-15-16-17-18-19-20-21-22-23-24-25-26-27-29(31,35(32,33)34)28-30(2,3)4/h6-7,22-23,31H,5,8-21,24-28H2,1-4H3,(H-,32,33,34)/p+1/b7-6-,23-22-. The number of hydrogen-bond donors (Lipinski definition) is 3. The van der Waals surface area contributed by atoms with E-state index in [1.165, 1.54) is 83.5 Å². The van der Waals surface area contributed by atoms with Crippen molar-refractivity contribution in [2.75, 3.05) is 27.7 Å². The van der Waals surface area contributed by atoms with Gasteiger partial charge >= 0.3 is 7.60 Å². The first kappa shape index (κ1) is 34.6. The Bertz CT molecular complexity index is 594. The summed E-state index contributed by atoms with van der Waals surface area (Å²) in [4.78, 5) is 19.2. The number of likely N-dealkylation sites (N-methyl/N-ethyl adjacent to an activating group) is 1. The van der Waals surface area contributed by atoms with Gasteiger partial charge in [-0.25, -0.2) is 0 Å². The minimum absolute atomic E-state index is 0.0462. The van der Waals surface area contributed by atoms with E-state index in [4.69, 9.17) is 0 Å². The van der Waals surface area contributed by atoms with Gasteiger partial charge in [0, 0.05) is 0 Å². The number of hydrogen-bond acceptors (Lipinski definition) is 2. The largest absolute Gasteiger partial charge is 0.373 e. The topological polar surface area (TPSA) is 77.8 Å². The summed E-state index contributed by atoms with van der Waals surface area (Å²) in [6.07, 6.45) is 31.4. The average molecular weight is 517 g/mol. The molecule has 3 N–H and O–H groups in total. The molecule has 208 valence electrons. The lowest BCUT2D eigenvalue weighted by Crippen LogP contribution is -2.49. The van der Waals surface area contributed by atoms with Gasteiger partial charge in [-0.3, -0.25) is 4.57 Å². The van der Waals surface area contributed by atoms with Gasteiger partial charge in [0.25, 0.3) is 0 Å². The van der Waals surface area contributed by atoms with Gasteiger partial charge < -0.3 is 19.4 Å². The molecule has 1 unspecified atom stereocenters. The summed E-state index contributed by atoms with van der Waals surface area (Å²) < 4.78 is 12.1. The second-order valence-corrected chi connectivity index (χ2v) is 13.3. The number of rotatable bonds is 24. The highest BCUT2D eigenvalue weighted by molar-refractivity contribution is 7.53. The Morgan fingerprint density at radius 1 is 0.629 bits per heavy atom. The van der Waals surface area contributed by atoms with Crippen LogP contribution in [0.2, 0.25) is 0 Å². The molecular weight excluding hydrogens is 457 g/mol. The van der Waals surface area contributed by atoms with Crippen LogP contribution in [0, 0.1) is 0 Å². The van der Waals surface area contributed by atoms with Gasteiger partial charge in [0.1, 0.15) is 6.54 Å². The molecule has 0 spiro atoms. The first-order valence-corrected chi connectivity index (χ1v) is 16.0. The van der Waals surface area contributed by atoms with Crippen molar-refractivity contribution in [3.05, 3.63) is 24.3 Å². The van der Waals surface area contributed by atoms with E-state index in [1.54, 1.807) is 0 Å². The van der Waals surface area contributed by atoms with Crippen molar-refractivity contribution < 1.29 is 23.9 Å². The SMILES string of the molecule is CC/C=C\CCCCCCCCCCCCCC/C=C\CCCCC(O)(C[N+](C)(C)C)P(=O)(O)O. The van der Waals surface area contributed by atoms with E-state index in [1.807, 2.05) is 21.1 Å². The van der Waals surface area contributed by atoms with Gasteiger partial charge in [0.05, 0.1) is 21.1 Å². The van der Waals surface area contributed by atoms with Crippen LogP contribution in [0.25, 0.3) is 0 Å². The summed E-state index contributed by atoms with van der Waals surface area (Å²) in [7, 11) is 0.941. The Morgan fingerprint density at radius 3 is 1.31 bits per heavy atom. The third kappa shape index (κ3) is 21.4. The van der Waals surface area contributed by atoms with Crippen molar-refractivity contribution in [3.63, 3.8) is 0 Å². The van der Waals surface area contributed by atoms with Crippen LogP contribution in [0.4, 0.5) is 0 Å². The summed E-state index contributed by atoms with van der Waals surface area (Å²) in [5, 5.41) is 8.62. The molecule has 0 heterocycles. The Labute approximate surface area is 217 Å². The summed E-state index contributed by atoms with van der Waals surface area (Å²) >= 11 is 0. The van der Waals surface area contributed by atoms with Crippen LogP contribution in [-0.2, 0) is 4.57 Å². The van der Waals surface area contributed by atoms with Crippen LogP contribution in [-0.4, -0.2) is 52.4 Å². The fraction of sp³-hybridized carbons (Fsp3) is 0.862. The zero-order chi connectivity index (χ0) is 26.5. The molecule has 0 rings (SSSR count). The fourth-order valence-electron chi connectivity index (χ4n) is 4.56. The highest BCUT2D eigenvalue weighted by Gasteiger charge is 2.48. The molecule has 6 heteroatoms. The van der Waals surface area contributed by atoms with Crippen molar-refractivity contribution in [2.45, 2.75) is 134 Å². The van der Waals surface area contributed by atoms with Gasteiger partial charge in [-0.1, -0.05) is 95.4 Å². The zero-order valence-electron chi connectivity index (χ0n) is 23.6. The Balaban J connectivity index is 3.55. The minimum atomic E-state index is -4.56. The van der Waals surface area contributed by atoms with Crippen LogP contribution in [0.5, 0.6) is 0 Å². The molecule has 0 radical (unpaired) electrons. The molecule has 0 saturated heterocycles. The van der Waals surface area contributed by atoms with E-state index in [-0.39, 0.29) is 13.0 Å². The molecule has 0 saturated carbocycles. The highest BCUT2D eigenvalue weighted by Crippen LogP contribution is 2.52. The first-order valence-electron chi connectivity index (χ1n) is 14.4. The minimum Gasteiger partial charge on any atom is -0.373 e. The molecule has 0 aromatic rings. The van der Waals surface area contributed by atoms with Crippen LogP contribution in [0.1, 0.15) is 129 Å². The second kappa shape index (κ2) is 20.6. The number of aliphatic hydroxyl groups is 1. The van der Waals surface area contributed by atoms with Gasteiger partial charge in [-0.2, -0.15) is 0 Å². The maximum atomic E-state index is 11.8. The highest BCUT2D eigenvalue weighted by atomic mass is 31.2. The van der Waals surface area contributed by atoms with E-state index in [2.05, 4.69) is 31.2 Å². The first-order chi connectivity index (χ1) is 16.5. The molecule has 0 aromatic heterocycles. The van der Waals surface area contributed by atoms with Crippen LogP contribution < -0.4 is 0 Å². The van der Waals surface area contributed by atoms with E-state index in [9.17, 15) is 19.5 Å². The molecule has 0 aliphatic carbocycles. The number of nitrogens with zero attached hydrogens (tertiary/aromatic N) is 1. The summed E-state index contributed by atoms with van der Waals surface area (Å²) in [6.45, 7) is 2.24. The second-order valence-electron chi connectivity index (χ2n) is 11.4. The van der Waals surface area contributed by atoms with E-state index in [0.29, 0.717) is 10.9 Å². The summed E-state index contributed by atoms with van der Waals surface area (Å²) in [5.74, 6) is 0. The fourth-order valence-corrected chi connectivity index (χ4v) is 5.62. The van der Waals surface area contributed by atoms with Crippen LogP contribution >= 0.6 is 7.60 Å². The molecule has 0 aliphatic heterocycles. The monoisotopic (exact) mass is 516 g/mol. The molecule has 0 bridgehead atoms. The maximum Gasteiger partial charge on any atom is 0.362 e. The van der Waals surface area contributed by atoms with E-state index in [0.717, 1.165) is 25.7 Å².